The fourth-order valence-corrected chi connectivity index (χ4v) is 2.53. The van der Waals surface area contributed by atoms with Crippen molar-refractivity contribution >= 4 is 23.8 Å². The number of guanidine groups is 1. The van der Waals surface area contributed by atoms with Crippen molar-refractivity contribution in [1.29, 1.82) is 0 Å². The van der Waals surface area contributed by atoms with E-state index < -0.39 is 11.7 Å². The van der Waals surface area contributed by atoms with Gasteiger partial charge in [0.15, 0.2) is 5.96 Å². The molecule has 0 bridgehead atoms. The van der Waals surface area contributed by atoms with E-state index in [-0.39, 0.29) is 0 Å². The Hall–Kier alpha value is -1.89. The molecule has 140 valence electrons. The standard InChI is InChI=1S/C18H30N4O2S/c1-18(2,3)24-17(23)21-12-11-20-16(19-4)22(5)13-14-7-9-15(25-6)10-8-14/h7-10H,11-13H2,1-6H3,(H,19,20)(H,21,23). The van der Waals surface area contributed by atoms with Gasteiger partial charge in [-0.25, -0.2) is 4.79 Å². The average Bonchev–Trinajstić information content (AvgIpc) is 2.53. The Bertz CT molecular complexity index is 567. The van der Waals surface area contributed by atoms with E-state index in [1.165, 1.54) is 10.5 Å². The number of carbonyl (C=O) groups excluding carboxylic acids is 1. The summed E-state index contributed by atoms with van der Waals surface area (Å²) in [6, 6.07) is 8.49. The van der Waals surface area contributed by atoms with Gasteiger partial charge in [0.25, 0.3) is 0 Å². The van der Waals surface area contributed by atoms with E-state index in [4.69, 9.17) is 4.74 Å². The highest BCUT2D eigenvalue weighted by atomic mass is 32.2. The number of benzene rings is 1. The molecule has 0 aliphatic rings. The molecule has 0 fully saturated rings. The number of carbonyl (C=O) groups is 1. The normalized spacial score (nSPS) is 11.8. The van der Waals surface area contributed by atoms with Gasteiger partial charge in [-0.3, -0.25) is 4.99 Å². The highest BCUT2D eigenvalue weighted by molar-refractivity contribution is 7.98. The van der Waals surface area contributed by atoms with E-state index in [0.717, 1.165) is 12.5 Å². The highest BCUT2D eigenvalue weighted by Crippen LogP contribution is 2.15. The largest absolute Gasteiger partial charge is 0.444 e. The molecule has 0 atom stereocenters. The molecule has 0 aliphatic heterocycles. The zero-order valence-corrected chi connectivity index (χ0v) is 16.9. The predicted molar refractivity (Wildman–Crippen MR) is 105 cm³/mol. The molecule has 0 spiro atoms. The Balaban J connectivity index is 2.38. The van der Waals surface area contributed by atoms with E-state index in [1.807, 2.05) is 32.7 Å². The van der Waals surface area contributed by atoms with Crippen molar-refractivity contribution in [3.63, 3.8) is 0 Å². The van der Waals surface area contributed by atoms with Crippen molar-refractivity contribution in [1.82, 2.24) is 15.5 Å². The molecule has 0 aliphatic carbocycles. The lowest BCUT2D eigenvalue weighted by Gasteiger charge is -2.23. The Kier molecular flexibility index (Phi) is 8.61. The lowest BCUT2D eigenvalue weighted by Crippen LogP contribution is -2.43. The van der Waals surface area contributed by atoms with Gasteiger partial charge in [0.1, 0.15) is 5.60 Å². The topological polar surface area (TPSA) is 66.0 Å². The van der Waals surface area contributed by atoms with Crippen LogP contribution in [-0.4, -0.2) is 56.0 Å². The van der Waals surface area contributed by atoms with E-state index in [2.05, 4.69) is 46.1 Å². The maximum atomic E-state index is 11.6. The number of amides is 1. The van der Waals surface area contributed by atoms with E-state index >= 15 is 0 Å². The molecule has 0 radical (unpaired) electrons. The molecular formula is C18H30N4O2S. The van der Waals surface area contributed by atoms with Crippen LogP contribution in [0.2, 0.25) is 0 Å². The molecular weight excluding hydrogens is 336 g/mol. The predicted octanol–water partition coefficient (Wildman–Crippen LogP) is 2.94. The molecule has 6 nitrogen and oxygen atoms in total. The molecule has 1 rings (SSSR count). The summed E-state index contributed by atoms with van der Waals surface area (Å²) in [6.07, 6.45) is 1.66. The van der Waals surface area contributed by atoms with Crippen molar-refractivity contribution in [3.05, 3.63) is 29.8 Å². The number of alkyl carbamates (subject to hydrolysis) is 1. The van der Waals surface area contributed by atoms with Crippen LogP contribution in [0.1, 0.15) is 26.3 Å². The third-order valence-corrected chi connectivity index (χ3v) is 3.97. The number of nitrogens with one attached hydrogen (secondary N) is 2. The molecule has 25 heavy (non-hydrogen) atoms. The zero-order valence-electron chi connectivity index (χ0n) is 16.0. The average molecular weight is 367 g/mol. The minimum absolute atomic E-state index is 0.411. The fraction of sp³-hybridized carbons (Fsp3) is 0.556. The molecule has 7 heteroatoms. The van der Waals surface area contributed by atoms with Gasteiger partial charge < -0.3 is 20.3 Å². The molecule has 0 heterocycles. The van der Waals surface area contributed by atoms with E-state index in [9.17, 15) is 4.79 Å². The summed E-state index contributed by atoms with van der Waals surface area (Å²) in [4.78, 5) is 19.2. The number of hydrogen-bond donors (Lipinski definition) is 2. The van der Waals surface area contributed by atoms with Crippen molar-refractivity contribution < 1.29 is 9.53 Å². The van der Waals surface area contributed by atoms with Gasteiger partial charge in [0.2, 0.25) is 0 Å². The van der Waals surface area contributed by atoms with Crippen molar-refractivity contribution in [3.8, 4) is 0 Å². The summed E-state index contributed by atoms with van der Waals surface area (Å²) >= 11 is 1.73. The van der Waals surface area contributed by atoms with Crippen LogP contribution in [0.15, 0.2) is 34.2 Å². The van der Waals surface area contributed by atoms with E-state index in [0.29, 0.717) is 13.1 Å². The first-order valence-electron chi connectivity index (χ1n) is 8.26. The maximum absolute atomic E-state index is 11.6. The number of ether oxygens (including phenoxy) is 1. The molecule has 1 aromatic rings. The molecule has 2 N–H and O–H groups in total. The summed E-state index contributed by atoms with van der Waals surface area (Å²) in [6.45, 7) is 7.31. The monoisotopic (exact) mass is 366 g/mol. The lowest BCUT2D eigenvalue weighted by molar-refractivity contribution is 0.0529. The van der Waals surface area contributed by atoms with Crippen LogP contribution in [0.5, 0.6) is 0 Å². The second kappa shape index (κ2) is 10.2. The van der Waals surface area contributed by atoms with Crippen molar-refractivity contribution in [2.45, 2.75) is 37.8 Å². The molecule has 0 saturated carbocycles. The molecule has 0 saturated heterocycles. The lowest BCUT2D eigenvalue weighted by atomic mass is 10.2. The number of aliphatic imine (C=N–C) groups is 1. The Morgan fingerprint density at radius 2 is 1.80 bits per heavy atom. The van der Waals surface area contributed by atoms with Gasteiger partial charge >= 0.3 is 6.09 Å². The molecule has 1 aromatic carbocycles. The number of rotatable bonds is 6. The summed E-state index contributed by atoms with van der Waals surface area (Å²) in [7, 11) is 3.73. The molecule has 0 aromatic heterocycles. The highest BCUT2D eigenvalue weighted by Gasteiger charge is 2.15. The SMILES string of the molecule is CN=C(NCCNC(=O)OC(C)(C)C)N(C)Cc1ccc(SC)cc1. The van der Waals surface area contributed by atoms with Crippen LogP contribution in [0.4, 0.5) is 4.79 Å². The number of hydrogen-bond acceptors (Lipinski definition) is 4. The van der Waals surface area contributed by atoms with Gasteiger partial charge in [-0.05, 0) is 44.7 Å². The quantitative estimate of drug-likeness (QED) is 0.351. The van der Waals surface area contributed by atoms with Crippen LogP contribution in [0, 0.1) is 0 Å². The van der Waals surface area contributed by atoms with Gasteiger partial charge in [-0.15, -0.1) is 11.8 Å². The fourth-order valence-electron chi connectivity index (χ4n) is 2.12. The first kappa shape index (κ1) is 21.2. The van der Waals surface area contributed by atoms with Crippen LogP contribution < -0.4 is 10.6 Å². The Labute approximate surface area is 155 Å². The first-order valence-corrected chi connectivity index (χ1v) is 9.49. The summed E-state index contributed by atoms with van der Waals surface area (Å²) in [5.74, 6) is 0.778. The minimum Gasteiger partial charge on any atom is -0.444 e. The Morgan fingerprint density at radius 1 is 1.20 bits per heavy atom. The third-order valence-electron chi connectivity index (χ3n) is 3.23. The summed E-state index contributed by atoms with van der Waals surface area (Å²) < 4.78 is 5.20. The van der Waals surface area contributed by atoms with Gasteiger partial charge in [0.05, 0.1) is 0 Å². The molecule has 0 unspecified atom stereocenters. The number of thioether (sulfide) groups is 1. The van der Waals surface area contributed by atoms with Crippen LogP contribution >= 0.6 is 11.8 Å². The first-order chi connectivity index (χ1) is 11.7. The summed E-state index contributed by atoms with van der Waals surface area (Å²) in [5, 5.41) is 5.95. The second-order valence-corrected chi connectivity index (χ2v) is 7.49. The number of nitrogens with zero attached hydrogens (tertiary/aromatic N) is 2. The van der Waals surface area contributed by atoms with Crippen LogP contribution in [0.25, 0.3) is 0 Å². The van der Waals surface area contributed by atoms with Crippen molar-refractivity contribution in [2.75, 3.05) is 33.4 Å². The minimum atomic E-state index is -0.487. The zero-order chi connectivity index (χ0) is 18.9. The maximum Gasteiger partial charge on any atom is 0.407 e. The van der Waals surface area contributed by atoms with Gasteiger partial charge in [-0.2, -0.15) is 0 Å². The summed E-state index contributed by atoms with van der Waals surface area (Å²) in [5.41, 5.74) is 0.731. The van der Waals surface area contributed by atoms with Crippen LogP contribution in [-0.2, 0) is 11.3 Å². The third kappa shape index (κ3) is 8.67. The molecule has 1 amide bonds. The Morgan fingerprint density at radius 3 is 2.32 bits per heavy atom. The van der Waals surface area contributed by atoms with E-state index in [1.54, 1.807) is 18.8 Å². The van der Waals surface area contributed by atoms with Gasteiger partial charge in [0, 0.05) is 38.6 Å². The van der Waals surface area contributed by atoms with Gasteiger partial charge in [-0.1, -0.05) is 12.1 Å². The van der Waals surface area contributed by atoms with Crippen LogP contribution in [0.3, 0.4) is 0 Å². The van der Waals surface area contributed by atoms with Crippen molar-refractivity contribution in [2.24, 2.45) is 4.99 Å². The smallest absolute Gasteiger partial charge is 0.407 e. The second-order valence-electron chi connectivity index (χ2n) is 6.61.